The fourth-order valence-corrected chi connectivity index (χ4v) is 5.03. The summed E-state index contributed by atoms with van der Waals surface area (Å²) in [5, 5.41) is 3.89. The van der Waals surface area contributed by atoms with Gasteiger partial charge in [-0.15, -0.1) is 0 Å². The third kappa shape index (κ3) is 3.55. The third-order valence-electron chi connectivity index (χ3n) is 6.05. The fraction of sp³-hybridized carbons (Fsp3) is 0.409. The number of amides is 3. The van der Waals surface area contributed by atoms with E-state index in [1.807, 2.05) is 46.0 Å². The summed E-state index contributed by atoms with van der Waals surface area (Å²) in [5.74, 6) is -0.221. The number of carbonyl (C=O) groups excluding carboxylic acids is 3. The van der Waals surface area contributed by atoms with E-state index in [9.17, 15) is 14.4 Å². The van der Waals surface area contributed by atoms with Crippen LogP contribution in [0.1, 0.15) is 36.2 Å². The summed E-state index contributed by atoms with van der Waals surface area (Å²) in [6, 6.07) is 9.64. The van der Waals surface area contributed by atoms with E-state index in [1.54, 1.807) is 21.1 Å². The molecule has 29 heavy (non-hydrogen) atoms. The van der Waals surface area contributed by atoms with Gasteiger partial charge in [0.15, 0.2) is 0 Å². The monoisotopic (exact) mass is 411 g/mol. The van der Waals surface area contributed by atoms with Gasteiger partial charge in [0.1, 0.15) is 6.54 Å². The lowest BCUT2D eigenvalue weighted by Gasteiger charge is -2.47. The number of benzene rings is 1. The molecular formula is C22H25N3O3S. The van der Waals surface area contributed by atoms with Crippen LogP contribution in [-0.2, 0) is 16.0 Å². The van der Waals surface area contributed by atoms with E-state index in [4.69, 9.17) is 0 Å². The molecule has 7 heteroatoms. The molecule has 1 spiro atoms. The van der Waals surface area contributed by atoms with E-state index < -0.39 is 5.54 Å². The van der Waals surface area contributed by atoms with Crippen molar-refractivity contribution in [1.82, 2.24) is 9.80 Å². The summed E-state index contributed by atoms with van der Waals surface area (Å²) in [7, 11) is 0. The highest BCUT2D eigenvalue weighted by Crippen LogP contribution is 2.35. The SMILES string of the molecule is CCc1ccc(C(=O)N2CCC3(C2)CN(c2ccsc2)C(=O)CN3C(C)=O)cc1. The van der Waals surface area contributed by atoms with Crippen LogP contribution in [-0.4, -0.2) is 59.2 Å². The third-order valence-corrected chi connectivity index (χ3v) is 6.72. The van der Waals surface area contributed by atoms with Crippen molar-refractivity contribution >= 4 is 34.7 Å². The Morgan fingerprint density at radius 3 is 2.52 bits per heavy atom. The fourth-order valence-electron chi connectivity index (χ4n) is 4.39. The highest BCUT2D eigenvalue weighted by molar-refractivity contribution is 7.08. The van der Waals surface area contributed by atoms with Crippen LogP contribution in [0, 0.1) is 0 Å². The Morgan fingerprint density at radius 1 is 1.14 bits per heavy atom. The summed E-state index contributed by atoms with van der Waals surface area (Å²) < 4.78 is 0. The van der Waals surface area contributed by atoms with Crippen LogP contribution in [0.4, 0.5) is 5.69 Å². The van der Waals surface area contributed by atoms with Gasteiger partial charge in [-0.05, 0) is 42.0 Å². The van der Waals surface area contributed by atoms with Crippen molar-refractivity contribution in [3.63, 3.8) is 0 Å². The summed E-state index contributed by atoms with van der Waals surface area (Å²) in [5.41, 5.74) is 2.18. The van der Waals surface area contributed by atoms with Crippen LogP contribution in [0.5, 0.6) is 0 Å². The molecule has 0 radical (unpaired) electrons. The second-order valence-corrected chi connectivity index (χ2v) is 8.60. The molecule has 4 rings (SSSR count). The van der Waals surface area contributed by atoms with Crippen LogP contribution in [0.25, 0.3) is 0 Å². The molecule has 0 bridgehead atoms. The van der Waals surface area contributed by atoms with E-state index in [2.05, 4.69) is 6.92 Å². The maximum atomic E-state index is 13.1. The Labute approximate surface area is 174 Å². The quantitative estimate of drug-likeness (QED) is 0.780. The second kappa shape index (κ2) is 7.63. The van der Waals surface area contributed by atoms with Crippen molar-refractivity contribution in [2.75, 3.05) is 31.1 Å². The first-order valence-corrected chi connectivity index (χ1v) is 10.9. The van der Waals surface area contributed by atoms with Gasteiger partial charge in [-0.2, -0.15) is 11.3 Å². The first kappa shape index (κ1) is 19.6. The number of rotatable bonds is 3. The zero-order chi connectivity index (χ0) is 20.6. The number of hydrogen-bond donors (Lipinski definition) is 0. The summed E-state index contributed by atoms with van der Waals surface area (Å²) >= 11 is 1.54. The van der Waals surface area contributed by atoms with Gasteiger partial charge in [0.25, 0.3) is 5.91 Å². The van der Waals surface area contributed by atoms with Crippen LogP contribution >= 0.6 is 11.3 Å². The Morgan fingerprint density at radius 2 is 1.90 bits per heavy atom. The van der Waals surface area contributed by atoms with Gasteiger partial charge in [-0.3, -0.25) is 14.4 Å². The molecule has 152 valence electrons. The molecule has 2 saturated heterocycles. The van der Waals surface area contributed by atoms with Gasteiger partial charge >= 0.3 is 0 Å². The Kier molecular flexibility index (Phi) is 5.17. The molecule has 0 saturated carbocycles. The lowest BCUT2D eigenvalue weighted by Crippen LogP contribution is -2.67. The van der Waals surface area contributed by atoms with Crippen LogP contribution in [0.15, 0.2) is 41.1 Å². The highest BCUT2D eigenvalue weighted by atomic mass is 32.1. The first-order valence-electron chi connectivity index (χ1n) is 9.92. The molecule has 3 heterocycles. The molecule has 1 aromatic carbocycles. The molecule has 2 fully saturated rings. The normalized spacial score (nSPS) is 21.9. The summed E-state index contributed by atoms with van der Waals surface area (Å²) in [4.78, 5) is 43.4. The molecule has 2 aromatic rings. The topological polar surface area (TPSA) is 60.9 Å². The first-order chi connectivity index (χ1) is 13.9. The van der Waals surface area contributed by atoms with Gasteiger partial charge in [-0.1, -0.05) is 19.1 Å². The minimum absolute atomic E-state index is 0.0213. The van der Waals surface area contributed by atoms with E-state index in [0.717, 1.165) is 12.1 Å². The molecule has 1 atom stereocenters. The lowest BCUT2D eigenvalue weighted by molar-refractivity contribution is -0.142. The minimum Gasteiger partial charge on any atom is -0.336 e. The molecule has 1 aromatic heterocycles. The summed E-state index contributed by atoms with van der Waals surface area (Å²) in [6.45, 7) is 5.07. The van der Waals surface area contributed by atoms with Gasteiger partial charge in [0.2, 0.25) is 11.8 Å². The number of piperazine rings is 1. The lowest BCUT2D eigenvalue weighted by atomic mass is 9.92. The van der Waals surface area contributed by atoms with E-state index >= 15 is 0 Å². The van der Waals surface area contributed by atoms with E-state index in [0.29, 0.717) is 31.6 Å². The number of likely N-dealkylation sites (tertiary alicyclic amines) is 1. The van der Waals surface area contributed by atoms with Crippen molar-refractivity contribution in [2.24, 2.45) is 0 Å². The highest BCUT2D eigenvalue weighted by Gasteiger charge is 2.51. The predicted octanol–water partition coefficient (Wildman–Crippen LogP) is 2.79. The van der Waals surface area contributed by atoms with Gasteiger partial charge < -0.3 is 14.7 Å². The average molecular weight is 412 g/mol. The Balaban J connectivity index is 1.58. The molecule has 1 unspecified atom stereocenters. The number of carbonyl (C=O) groups is 3. The number of nitrogens with zero attached hydrogens (tertiary/aromatic N) is 3. The van der Waals surface area contributed by atoms with Gasteiger partial charge in [0, 0.05) is 31.0 Å². The van der Waals surface area contributed by atoms with Crippen LogP contribution in [0.3, 0.4) is 0 Å². The van der Waals surface area contributed by atoms with Crippen molar-refractivity contribution in [2.45, 2.75) is 32.2 Å². The van der Waals surface area contributed by atoms with Gasteiger partial charge in [-0.25, -0.2) is 0 Å². The molecular weight excluding hydrogens is 386 g/mol. The van der Waals surface area contributed by atoms with E-state index in [-0.39, 0.29) is 24.3 Å². The second-order valence-electron chi connectivity index (χ2n) is 7.82. The van der Waals surface area contributed by atoms with E-state index in [1.165, 1.54) is 12.5 Å². The predicted molar refractivity (Wildman–Crippen MR) is 113 cm³/mol. The Hall–Kier alpha value is -2.67. The smallest absolute Gasteiger partial charge is 0.253 e. The molecule has 2 aliphatic rings. The van der Waals surface area contributed by atoms with Crippen molar-refractivity contribution in [3.05, 3.63) is 52.2 Å². The van der Waals surface area contributed by atoms with Crippen LogP contribution in [0.2, 0.25) is 0 Å². The number of hydrogen-bond acceptors (Lipinski definition) is 4. The zero-order valence-corrected chi connectivity index (χ0v) is 17.6. The molecule has 0 N–H and O–H groups in total. The van der Waals surface area contributed by atoms with Crippen molar-refractivity contribution < 1.29 is 14.4 Å². The standard InChI is InChI=1S/C22H25N3O3S/c1-3-17-4-6-18(7-5-17)21(28)23-10-9-22(14-23)15-24(19-8-11-29-13-19)20(27)12-25(22)16(2)26/h4-8,11,13H,3,9-10,12,14-15H2,1-2H3. The van der Waals surface area contributed by atoms with Crippen molar-refractivity contribution in [1.29, 1.82) is 0 Å². The average Bonchev–Trinajstić information content (AvgIpc) is 3.40. The summed E-state index contributed by atoms with van der Waals surface area (Å²) in [6.07, 6.45) is 1.60. The molecule has 2 aliphatic heterocycles. The van der Waals surface area contributed by atoms with Crippen molar-refractivity contribution in [3.8, 4) is 0 Å². The number of anilines is 1. The molecule has 6 nitrogen and oxygen atoms in total. The zero-order valence-electron chi connectivity index (χ0n) is 16.8. The number of thiophene rings is 1. The Bertz CT molecular complexity index is 925. The van der Waals surface area contributed by atoms with Gasteiger partial charge in [0.05, 0.1) is 17.8 Å². The maximum Gasteiger partial charge on any atom is 0.253 e. The van der Waals surface area contributed by atoms with Crippen LogP contribution < -0.4 is 4.90 Å². The molecule has 3 amide bonds. The number of aryl methyl sites for hydroxylation is 1. The minimum atomic E-state index is -0.541. The molecule has 0 aliphatic carbocycles. The maximum absolute atomic E-state index is 13.1. The largest absolute Gasteiger partial charge is 0.336 e.